The van der Waals surface area contributed by atoms with E-state index in [1.807, 2.05) is 18.2 Å². The van der Waals surface area contributed by atoms with Crippen molar-refractivity contribution >= 4 is 11.6 Å². The minimum absolute atomic E-state index is 0.326. The summed E-state index contributed by atoms with van der Waals surface area (Å²) in [4.78, 5) is 3.92. The first-order valence-corrected chi connectivity index (χ1v) is 5.64. The number of hydrogen-bond acceptors (Lipinski definition) is 4. The highest BCUT2D eigenvalue weighted by molar-refractivity contribution is 6.31. The van der Waals surface area contributed by atoms with E-state index < -0.39 is 0 Å². The molecule has 2 rings (SSSR count). The lowest BCUT2D eigenvalue weighted by atomic mass is 10.1. The summed E-state index contributed by atoms with van der Waals surface area (Å²) in [5, 5.41) is 8.09. The van der Waals surface area contributed by atoms with Gasteiger partial charge in [-0.3, -0.25) is 0 Å². The number of rotatable bonds is 3. The normalized spacial score (nSPS) is 10.3. The van der Waals surface area contributed by atoms with Crippen LogP contribution in [0.1, 0.15) is 12.5 Å². The lowest BCUT2D eigenvalue weighted by molar-refractivity contribution is 0.416. The van der Waals surface area contributed by atoms with E-state index in [1.165, 1.54) is 11.9 Å². The Kier molecular flexibility index (Phi) is 3.54. The van der Waals surface area contributed by atoms with Crippen molar-refractivity contribution in [3.05, 3.63) is 35.2 Å². The van der Waals surface area contributed by atoms with Gasteiger partial charge in [0.15, 0.2) is 5.15 Å². The number of benzene rings is 1. The van der Waals surface area contributed by atoms with Crippen molar-refractivity contribution in [2.24, 2.45) is 0 Å². The molecular weight excluding hydrogens is 238 g/mol. The van der Waals surface area contributed by atoms with E-state index in [0.717, 1.165) is 12.0 Å². The molecule has 0 unspecified atom stereocenters. The third-order valence-electron chi connectivity index (χ3n) is 2.50. The Balaban J connectivity index is 2.60. The van der Waals surface area contributed by atoms with Crippen LogP contribution in [0.3, 0.4) is 0 Å². The summed E-state index contributed by atoms with van der Waals surface area (Å²) in [7, 11) is 1.61. The van der Waals surface area contributed by atoms with Gasteiger partial charge in [-0.2, -0.15) is 0 Å². The number of aromatic nitrogens is 3. The molecule has 17 heavy (non-hydrogen) atoms. The second kappa shape index (κ2) is 5.10. The monoisotopic (exact) mass is 249 g/mol. The summed E-state index contributed by atoms with van der Waals surface area (Å²) in [6, 6.07) is 5.91. The molecule has 0 radical (unpaired) electrons. The first-order valence-electron chi connectivity index (χ1n) is 5.26. The molecule has 88 valence electrons. The molecule has 0 bridgehead atoms. The molecule has 0 N–H and O–H groups in total. The van der Waals surface area contributed by atoms with Crippen molar-refractivity contribution in [2.45, 2.75) is 13.3 Å². The number of nitrogens with zero attached hydrogens (tertiary/aromatic N) is 3. The minimum Gasteiger partial charge on any atom is -0.496 e. The van der Waals surface area contributed by atoms with E-state index in [4.69, 9.17) is 16.3 Å². The summed E-state index contributed by atoms with van der Waals surface area (Å²) >= 11 is 6.01. The van der Waals surface area contributed by atoms with E-state index in [-0.39, 0.29) is 0 Å². The van der Waals surface area contributed by atoms with Crippen LogP contribution in [0, 0.1) is 0 Å². The van der Waals surface area contributed by atoms with Gasteiger partial charge in [-0.25, -0.2) is 4.98 Å². The predicted molar refractivity (Wildman–Crippen MR) is 66.2 cm³/mol. The van der Waals surface area contributed by atoms with Crippen LogP contribution >= 0.6 is 11.6 Å². The van der Waals surface area contributed by atoms with Crippen molar-refractivity contribution in [1.29, 1.82) is 0 Å². The Morgan fingerprint density at radius 2 is 2.18 bits per heavy atom. The molecule has 4 nitrogen and oxygen atoms in total. The van der Waals surface area contributed by atoms with E-state index in [9.17, 15) is 0 Å². The lowest BCUT2D eigenvalue weighted by Gasteiger charge is -2.09. The maximum absolute atomic E-state index is 6.01. The fraction of sp³-hybridized carbons (Fsp3) is 0.250. The molecule has 2 aromatic rings. The van der Waals surface area contributed by atoms with Crippen molar-refractivity contribution in [3.8, 4) is 17.0 Å². The van der Waals surface area contributed by atoms with Gasteiger partial charge in [0.1, 0.15) is 17.8 Å². The lowest BCUT2D eigenvalue weighted by Crippen LogP contribution is -1.95. The topological polar surface area (TPSA) is 47.9 Å². The summed E-state index contributed by atoms with van der Waals surface area (Å²) in [5.41, 5.74) is 2.54. The Morgan fingerprint density at radius 3 is 2.82 bits per heavy atom. The van der Waals surface area contributed by atoms with Crippen molar-refractivity contribution < 1.29 is 4.74 Å². The minimum atomic E-state index is 0.326. The van der Waals surface area contributed by atoms with Crippen LogP contribution in [0.4, 0.5) is 0 Å². The smallest absolute Gasteiger partial charge is 0.159 e. The van der Waals surface area contributed by atoms with E-state index >= 15 is 0 Å². The highest BCUT2D eigenvalue weighted by atomic mass is 35.5. The molecule has 0 spiro atoms. The maximum atomic E-state index is 6.01. The first-order chi connectivity index (χ1) is 8.26. The van der Waals surface area contributed by atoms with Crippen LogP contribution in [0.25, 0.3) is 11.3 Å². The fourth-order valence-corrected chi connectivity index (χ4v) is 1.77. The maximum Gasteiger partial charge on any atom is 0.159 e. The van der Waals surface area contributed by atoms with Gasteiger partial charge in [-0.15, -0.1) is 10.2 Å². The van der Waals surface area contributed by atoms with Crippen LogP contribution < -0.4 is 4.74 Å². The molecule has 0 saturated carbocycles. The van der Waals surface area contributed by atoms with Crippen molar-refractivity contribution in [2.75, 3.05) is 7.11 Å². The summed E-state index contributed by atoms with van der Waals surface area (Å²) in [6.45, 7) is 2.09. The van der Waals surface area contributed by atoms with Gasteiger partial charge in [-0.05, 0) is 24.1 Å². The van der Waals surface area contributed by atoms with Gasteiger partial charge >= 0.3 is 0 Å². The van der Waals surface area contributed by atoms with Crippen molar-refractivity contribution in [3.63, 3.8) is 0 Å². The molecule has 0 aliphatic carbocycles. The van der Waals surface area contributed by atoms with Gasteiger partial charge < -0.3 is 4.74 Å². The average Bonchev–Trinajstić information content (AvgIpc) is 2.38. The third kappa shape index (κ3) is 2.36. The zero-order valence-corrected chi connectivity index (χ0v) is 10.4. The van der Waals surface area contributed by atoms with Crippen molar-refractivity contribution in [1.82, 2.24) is 15.2 Å². The van der Waals surface area contributed by atoms with E-state index in [1.54, 1.807) is 7.11 Å². The second-order valence-corrected chi connectivity index (χ2v) is 3.85. The van der Waals surface area contributed by atoms with Crippen LogP contribution in [0.15, 0.2) is 24.5 Å². The predicted octanol–water partition coefficient (Wildman–Crippen LogP) is 2.76. The molecule has 0 fully saturated rings. The highest BCUT2D eigenvalue weighted by Gasteiger charge is 2.12. The average molecular weight is 250 g/mol. The standard InChI is InChI=1S/C12H12ClN3O/c1-3-8-4-5-10(17-2)9(6-8)11-12(13)14-7-15-16-11/h4-7H,3H2,1-2H3. The van der Waals surface area contributed by atoms with Gasteiger partial charge in [0, 0.05) is 5.56 Å². The largest absolute Gasteiger partial charge is 0.496 e. The van der Waals surface area contributed by atoms with Gasteiger partial charge in [0.05, 0.1) is 7.11 Å². The Morgan fingerprint density at radius 1 is 1.35 bits per heavy atom. The van der Waals surface area contributed by atoms with Gasteiger partial charge in [0.25, 0.3) is 0 Å². The molecular formula is C12H12ClN3O. The number of halogens is 1. The Bertz CT molecular complexity index is 531. The number of methoxy groups -OCH3 is 1. The molecule has 0 aliphatic heterocycles. The molecule has 1 aromatic heterocycles. The van der Waals surface area contributed by atoms with Crippen LogP contribution in [-0.4, -0.2) is 22.3 Å². The SMILES string of the molecule is CCc1ccc(OC)c(-c2nncnc2Cl)c1. The number of aryl methyl sites for hydroxylation is 1. The summed E-state index contributed by atoms with van der Waals surface area (Å²) < 4.78 is 5.30. The third-order valence-corrected chi connectivity index (χ3v) is 2.78. The molecule has 0 amide bonds. The number of hydrogen-bond donors (Lipinski definition) is 0. The fourth-order valence-electron chi connectivity index (χ4n) is 1.59. The first kappa shape index (κ1) is 11.8. The Labute approximate surface area is 105 Å². The molecule has 1 heterocycles. The quantitative estimate of drug-likeness (QED) is 0.839. The van der Waals surface area contributed by atoms with Gasteiger partial charge in [0.2, 0.25) is 0 Å². The molecule has 0 atom stereocenters. The molecule has 5 heteroatoms. The van der Waals surface area contributed by atoms with Crippen LogP contribution in [0.2, 0.25) is 5.15 Å². The zero-order chi connectivity index (χ0) is 12.3. The van der Waals surface area contributed by atoms with E-state index in [0.29, 0.717) is 16.6 Å². The summed E-state index contributed by atoms with van der Waals surface area (Å²) in [6.07, 6.45) is 2.25. The second-order valence-electron chi connectivity index (χ2n) is 3.49. The molecule has 1 aromatic carbocycles. The summed E-state index contributed by atoms with van der Waals surface area (Å²) in [5.74, 6) is 0.714. The highest BCUT2D eigenvalue weighted by Crippen LogP contribution is 2.32. The molecule has 0 aliphatic rings. The molecule has 0 saturated heterocycles. The van der Waals surface area contributed by atoms with Gasteiger partial charge in [-0.1, -0.05) is 24.6 Å². The zero-order valence-electron chi connectivity index (χ0n) is 9.64. The van der Waals surface area contributed by atoms with Crippen LogP contribution in [0.5, 0.6) is 5.75 Å². The van der Waals surface area contributed by atoms with Crippen LogP contribution in [-0.2, 0) is 6.42 Å². The Hall–Kier alpha value is -1.68. The number of ether oxygens (including phenoxy) is 1. The van der Waals surface area contributed by atoms with E-state index in [2.05, 4.69) is 22.1 Å².